The first-order valence-corrected chi connectivity index (χ1v) is 5.79. The quantitative estimate of drug-likeness (QED) is 0.547. The van der Waals surface area contributed by atoms with Gasteiger partial charge in [0.1, 0.15) is 0 Å². The van der Waals surface area contributed by atoms with Crippen LogP contribution in [0.15, 0.2) is 0 Å². The summed E-state index contributed by atoms with van der Waals surface area (Å²) in [4.78, 5) is 20.8. The van der Waals surface area contributed by atoms with E-state index in [1.54, 1.807) is 0 Å². The van der Waals surface area contributed by atoms with Crippen molar-refractivity contribution in [2.75, 3.05) is 0 Å². The lowest BCUT2D eigenvalue weighted by molar-refractivity contribution is -0.117. The molecule has 8 heteroatoms. The van der Waals surface area contributed by atoms with Gasteiger partial charge in [0.25, 0.3) is 0 Å². The minimum absolute atomic E-state index is 0.678. The zero-order chi connectivity index (χ0) is 9.72. The van der Waals surface area contributed by atoms with Crippen LogP contribution in [-0.4, -0.2) is 21.2 Å². The number of alkyl halides is 2. The number of amides is 2. The highest BCUT2D eigenvalue weighted by molar-refractivity contribution is 8.78. The molecule has 0 saturated carbocycles. The molecule has 0 rings (SSSR count). The minimum atomic E-state index is -0.907. The lowest BCUT2D eigenvalue weighted by Gasteiger charge is -2.05. The molecule has 0 aliphatic heterocycles. The van der Waals surface area contributed by atoms with E-state index in [4.69, 9.17) is 34.7 Å². The second-order valence-electron chi connectivity index (χ2n) is 1.63. The summed E-state index contributed by atoms with van der Waals surface area (Å²) in [5.74, 6) is -1.36. The lowest BCUT2D eigenvalue weighted by Crippen LogP contribution is -2.22. The van der Waals surface area contributed by atoms with Crippen LogP contribution in [0, 0.1) is 0 Å². The molecular weight excluding hydrogens is 243 g/mol. The highest BCUT2D eigenvalue weighted by Crippen LogP contribution is 2.34. The van der Waals surface area contributed by atoms with Gasteiger partial charge in [0.15, 0.2) is 9.42 Å². The molecule has 0 aromatic rings. The molecule has 12 heavy (non-hydrogen) atoms. The Bertz CT molecular complexity index is 172. The largest absolute Gasteiger partial charge is 0.368 e. The molecule has 4 N–H and O–H groups in total. The molecule has 70 valence electrons. The molecule has 0 aromatic carbocycles. The van der Waals surface area contributed by atoms with Crippen LogP contribution >= 0.6 is 44.8 Å². The normalized spacial score (nSPS) is 15.2. The average molecular weight is 249 g/mol. The van der Waals surface area contributed by atoms with Gasteiger partial charge in [0.05, 0.1) is 0 Å². The lowest BCUT2D eigenvalue weighted by atomic mass is 10.8. The van der Waals surface area contributed by atoms with Crippen molar-refractivity contribution in [1.82, 2.24) is 0 Å². The predicted molar refractivity (Wildman–Crippen MR) is 52.9 cm³/mol. The summed E-state index contributed by atoms with van der Waals surface area (Å²) in [6.45, 7) is 0. The maximum Gasteiger partial charge on any atom is 0.246 e. The fourth-order valence-corrected chi connectivity index (χ4v) is 2.49. The number of nitrogens with two attached hydrogens (primary N) is 2. The summed E-state index contributed by atoms with van der Waals surface area (Å²) in [6.07, 6.45) is 0. The van der Waals surface area contributed by atoms with Gasteiger partial charge in [0, 0.05) is 0 Å². The van der Waals surface area contributed by atoms with Crippen LogP contribution in [0.2, 0.25) is 0 Å². The Balaban J connectivity index is 3.68. The Morgan fingerprint density at radius 1 is 1.00 bits per heavy atom. The van der Waals surface area contributed by atoms with Gasteiger partial charge in [-0.05, 0) is 0 Å². The van der Waals surface area contributed by atoms with Crippen molar-refractivity contribution in [2.45, 2.75) is 9.42 Å². The minimum Gasteiger partial charge on any atom is -0.368 e. The van der Waals surface area contributed by atoms with Gasteiger partial charge in [-0.1, -0.05) is 44.8 Å². The smallest absolute Gasteiger partial charge is 0.246 e. The van der Waals surface area contributed by atoms with Crippen LogP contribution < -0.4 is 11.5 Å². The van der Waals surface area contributed by atoms with E-state index in [1.165, 1.54) is 0 Å². The molecule has 0 aromatic heterocycles. The summed E-state index contributed by atoms with van der Waals surface area (Å²) in [5.41, 5.74) is 9.67. The van der Waals surface area contributed by atoms with E-state index >= 15 is 0 Å². The molecule has 0 fully saturated rings. The fourth-order valence-electron chi connectivity index (χ4n) is 0.192. The summed E-state index contributed by atoms with van der Waals surface area (Å²) < 4.78 is -1.81. The Labute approximate surface area is 87.1 Å². The van der Waals surface area contributed by atoms with Gasteiger partial charge >= 0.3 is 0 Å². The summed E-state index contributed by atoms with van der Waals surface area (Å²) in [5, 5.41) is 0. The molecule has 0 bridgehead atoms. The van der Waals surface area contributed by atoms with E-state index in [1.807, 2.05) is 0 Å². The highest BCUT2D eigenvalue weighted by atomic mass is 35.5. The number of primary amides is 2. The fraction of sp³-hybridized carbons (Fsp3) is 0.500. The van der Waals surface area contributed by atoms with E-state index in [0.717, 1.165) is 21.6 Å². The SMILES string of the molecule is NC(=O)C(Cl)SSC(Cl)C(N)=O. The summed E-state index contributed by atoms with van der Waals surface area (Å²) in [7, 11) is 1.79. The van der Waals surface area contributed by atoms with Crippen molar-refractivity contribution in [1.29, 1.82) is 0 Å². The Morgan fingerprint density at radius 2 is 1.25 bits per heavy atom. The van der Waals surface area contributed by atoms with E-state index in [0.29, 0.717) is 0 Å². The predicted octanol–water partition coefficient (Wildman–Crippen LogP) is 0.468. The van der Waals surface area contributed by atoms with Crippen LogP contribution in [0.5, 0.6) is 0 Å². The zero-order valence-electron chi connectivity index (χ0n) is 5.70. The number of carbonyl (C=O) groups excluding carboxylic acids is 2. The zero-order valence-corrected chi connectivity index (χ0v) is 8.84. The first kappa shape index (κ1) is 12.2. The third-order valence-electron chi connectivity index (χ3n) is 0.672. The van der Waals surface area contributed by atoms with E-state index in [2.05, 4.69) is 0 Å². The molecule has 4 nitrogen and oxygen atoms in total. The van der Waals surface area contributed by atoms with Crippen LogP contribution in [0.3, 0.4) is 0 Å². The van der Waals surface area contributed by atoms with Crippen molar-refractivity contribution in [3.63, 3.8) is 0 Å². The molecule has 2 unspecified atom stereocenters. The van der Waals surface area contributed by atoms with E-state index < -0.39 is 21.2 Å². The standard InChI is InChI=1S/C4H6Cl2N2O2S2/c5-1(3(7)9)11-12-2(6)4(8)10/h1-2H,(H2,7,9)(H2,8,10). The van der Waals surface area contributed by atoms with Gasteiger partial charge in [-0.3, -0.25) is 9.59 Å². The highest BCUT2D eigenvalue weighted by Gasteiger charge is 2.18. The summed E-state index contributed by atoms with van der Waals surface area (Å²) in [6, 6.07) is 0. The monoisotopic (exact) mass is 248 g/mol. The number of rotatable bonds is 5. The third kappa shape index (κ3) is 4.97. The Hall–Kier alpha value is 0.220. The van der Waals surface area contributed by atoms with Crippen molar-refractivity contribution in [3.8, 4) is 0 Å². The van der Waals surface area contributed by atoms with E-state index in [9.17, 15) is 9.59 Å². The molecule has 0 aliphatic rings. The second-order valence-corrected chi connectivity index (χ2v) is 5.50. The van der Waals surface area contributed by atoms with Crippen LogP contribution in [0.25, 0.3) is 0 Å². The summed E-state index contributed by atoms with van der Waals surface area (Å²) >= 11 is 10.8. The number of halogens is 2. The molecule has 0 aliphatic carbocycles. The average Bonchev–Trinajstić information content (AvgIpc) is 1.98. The van der Waals surface area contributed by atoms with Crippen molar-refractivity contribution in [2.24, 2.45) is 11.5 Å². The Morgan fingerprint density at radius 3 is 1.42 bits per heavy atom. The maximum absolute atomic E-state index is 10.4. The first-order chi connectivity index (χ1) is 5.45. The van der Waals surface area contributed by atoms with Crippen molar-refractivity contribution < 1.29 is 9.59 Å². The van der Waals surface area contributed by atoms with Gasteiger partial charge in [-0.2, -0.15) is 0 Å². The molecule has 2 amide bonds. The van der Waals surface area contributed by atoms with Crippen LogP contribution in [0.4, 0.5) is 0 Å². The van der Waals surface area contributed by atoms with Crippen molar-refractivity contribution >= 4 is 56.6 Å². The maximum atomic E-state index is 10.4. The number of hydrogen-bond acceptors (Lipinski definition) is 4. The van der Waals surface area contributed by atoms with Crippen LogP contribution in [0.1, 0.15) is 0 Å². The molecule has 0 spiro atoms. The van der Waals surface area contributed by atoms with E-state index in [-0.39, 0.29) is 0 Å². The molecule has 0 radical (unpaired) electrons. The van der Waals surface area contributed by atoms with Gasteiger partial charge in [-0.15, -0.1) is 0 Å². The molecule has 2 atom stereocenters. The Kier molecular flexibility index (Phi) is 5.90. The molecule has 0 heterocycles. The topological polar surface area (TPSA) is 86.2 Å². The molecule has 0 saturated heterocycles. The molecular formula is C4H6Cl2N2O2S2. The van der Waals surface area contributed by atoms with Crippen molar-refractivity contribution in [3.05, 3.63) is 0 Å². The van der Waals surface area contributed by atoms with Gasteiger partial charge < -0.3 is 11.5 Å². The third-order valence-corrected chi connectivity index (χ3v) is 4.67. The van der Waals surface area contributed by atoms with Gasteiger partial charge in [-0.25, -0.2) is 0 Å². The second kappa shape index (κ2) is 5.80. The van der Waals surface area contributed by atoms with Gasteiger partial charge in [0.2, 0.25) is 11.8 Å². The number of hydrogen-bond donors (Lipinski definition) is 2. The number of carbonyl (C=O) groups is 2. The first-order valence-electron chi connectivity index (χ1n) is 2.64. The van der Waals surface area contributed by atoms with Crippen LogP contribution in [-0.2, 0) is 9.59 Å².